The van der Waals surface area contributed by atoms with Gasteiger partial charge in [-0.3, -0.25) is 9.59 Å². The molecule has 0 radical (unpaired) electrons. The second-order valence-corrected chi connectivity index (χ2v) is 11.0. The van der Waals surface area contributed by atoms with E-state index in [4.69, 9.17) is 4.74 Å². The smallest absolute Gasteiger partial charge is 0.228 e. The van der Waals surface area contributed by atoms with Crippen molar-refractivity contribution in [3.05, 3.63) is 96.3 Å². The van der Waals surface area contributed by atoms with Crippen molar-refractivity contribution in [1.29, 1.82) is 0 Å². The maximum atomic E-state index is 13.8. The van der Waals surface area contributed by atoms with Crippen molar-refractivity contribution in [3.8, 4) is 5.75 Å². The zero-order chi connectivity index (χ0) is 27.3. The number of benzene rings is 3. The zero-order valence-electron chi connectivity index (χ0n) is 22.5. The van der Waals surface area contributed by atoms with Gasteiger partial charge in [0.05, 0.1) is 13.0 Å². The normalized spacial score (nSPS) is 19.0. The molecule has 7 rings (SSSR count). The molecule has 40 heavy (non-hydrogen) atoms. The Hall–Kier alpha value is -4.52. The maximum Gasteiger partial charge on any atom is 0.228 e. The third kappa shape index (κ3) is 3.87. The van der Waals surface area contributed by atoms with Crippen LogP contribution in [0, 0.1) is 5.92 Å². The fraction of sp³-hybridized carbons (Fsp3) is 0.273. The second-order valence-electron chi connectivity index (χ2n) is 11.0. The molecule has 1 atom stereocenters. The average Bonchev–Trinajstić information content (AvgIpc) is 3.74. The number of carbonyl (C=O) groups is 2. The van der Waals surface area contributed by atoms with Gasteiger partial charge >= 0.3 is 0 Å². The molecule has 2 aliphatic rings. The number of nitrogens with one attached hydrogen (secondary N) is 2. The largest absolute Gasteiger partial charge is 0.497 e. The number of fused-ring (bicyclic) bond motifs is 2. The van der Waals surface area contributed by atoms with Gasteiger partial charge in [-0.1, -0.05) is 42.5 Å². The van der Waals surface area contributed by atoms with Crippen LogP contribution in [-0.4, -0.2) is 53.4 Å². The van der Waals surface area contributed by atoms with Crippen LogP contribution >= 0.6 is 0 Å². The number of aromatic nitrogens is 2. The highest BCUT2D eigenvalue weighted by atomic mass is 16.5. The van der Waals surface area contributed by atoms with Gasteiger partial charge in [0.25, 0.3) is 0 Å². The molecule has 0 unspecified atom stereocenters. The van der Waals surface area contributed by atoms with Crippen LogP contribution in [0.5, 0.6) is 5.75 Å². The number of likely N-dealkylation sites (tertiary alicyclic amines) is 1. The molecule has 2 aromatic heterocycles. The summed E-state index contributed by atoms with van der Waals surface area (Å²) in [6, 6.07) is 24.4. The lowest BCUT2D eigenvalue weighted by molar-refractivity contribution is -0.137. The Bertz CT molecular complexity index is 1650. The first-order valence-electron chi connectivity index (χ1n) is 13.9. The first kappa shape index (κ1) is 24.5. The van der Waals surface area contributed by atoms with Crippen LogP contribution in [0.15, 0.2) is 85.2 Å². The summed E-state index contributed by atoms with van der Waals surface area (Å²) in [7, 11) is 1.61. The third-order valence-corrected chi connectivity index (χ3v) is 8.98. The molecule has 0 spiro atoms. The van der Waals surface area contributed by atoms with E-state index in [1.807, 2.05) is 29.2 Å². The predicted molar refractivity (Wildman–Crippen MR) is 157 cm³/mol. The standard InChI is InChI=1S/C33H32N4O3/c1-40-24-8-6-7-23(18-24)37-21-22(17-31(37)38)32(39)36-15-13-33(14-16-36,27-19-34-29-11-4-2-9-25(27)29)28-20-35-30-12-5-3-10-26(28)30/h2-12,18-20,22,34-35H,13-17,21H2,1H3/t22-/m1/s1. The number of hydrogen-bond acceptors (Lipinski definition) is 3. The molecule has 7 nitrogen and oxygen atoms in total. The highest BCUT2D eigenvalue weighted by Gasteiger charge is 2.44. The summed E-state index contributed by atoms with van der Waals surface area (Å²) in [6.07, 6.45) is 6.17. The molecule has 2 saturated heterocycles. The topological polar surface area (TPSA) is 81.4 Å². The number of piperidine rings is 1. The van der Waals surface area contributed by atoms with Crippen LogP contribution in [0.25, 0.3) is 21.8 Å². The second kappa shape index (κ2) is 9.59. The lowest BCUT2D eigenvalue weighted by Gasteiger charge is -2.43. The van der Waals surface area contributed by atoms with Gasteiger partial charge in [0, 0.05) is 77.4 Å². The molecular formula is C33H32N4O3. The van der Waals surface area contributed by atoms with E-state index in [0.29, 0.717) is 25.4 Å². The first-order valence-corrected chi connectivity index (χ1v) is 13.9. The van der Waals surface area contributed by atoms with Crippen molar-refractivity contribution < 1.29 is 14.3 Å². The van der Waals surface area contributed by atoms with Crippen LogP contribution in [0.3, 0.4) is 0 Å². The van der Waals surface area contributed by atoms with Gasteiger partial charge in [0.1, 0.15) is 5.75 Å². The molecular weight excluding hydrogens is 500 g/mol. The quantitative estimate of drug-likeness (QED) is 0.308. The maximum absolute atomic E-state index is 13.8. The summed E-state index contributed by atoms with van der Waals surface area (Å²) in [5, 5.41) is 2.45. The number of H-pyrrole nitrogens is 2. The number of rotatable bonds is 5. The van der Waals surface area contributed by atoms with Gasteiger partial charge in [0.15, 0.2) is 0 Å². The number of aromatic amines is 2. The van der Waals surface area contributed by atoms with Crippen molar-refractivity contribution in [3.63, 3.8) is 0 Å². The van der Waals surface area contributed by atoms with Crippen molar-refractivity contribution in [2.45, 2.75) is 24.7 Å². The Morgan fingerprint density at radius 3 is 2.12 bits per heavy atom. The Labute approximate surface area is 232 Å². The van der Waals surface area contributed by atoms with Crippen LogP contribution < -0.4 is 9.64 Å². The van der Waals surface area contributed by atoms with Crippen LogP contribution in [0.1, 0.15) is 30.4 Å². The van der Waals surface area contributed by atoms with Crippen molar-refractivity contribution in [2.75, 3.05) is 31.6 Å². The molecule has 0 aliphatic carbocycles. The molecule has 7 heteroatoms. The van der Waals surface area contributed by atoms with E-state index in [0.717, 1.165) is 29.6 Å². The van der Waals surface area contributed by atoms with Gasteiger partial charge in [-0.05, 0) is 48.2 Å². The van der Waals surface area contributed by atoms with E-state index in [-0.39, 0.29) is 29.6 Å². The highest BCUT2D eigenvalue weighted by molar-refractivity contribution is 6.00. The van der Waals surface area contributed by atoms with Gasteiger partial charge in [-0.2, -0.15) is 0 Å². The Balaban J connectivity index is 1.17. The molecule has 3 aromatic carbocycles. The minimum Gasteiger partial charge on any atom is -0.497 e. The number of para-hydroxylation sites is 2. The predicted octanol–water partition coefficient (Wildman–Crippen LogP) is 5.62. The summed E-state index contributed by atoms with van der Waals surface area (Å²) >= 11 is 0. The number of anilines is 1. The van der Waals surface area contributed by atoms with Crippen molar-refractivity contribution >= 4 is 39.3 Å². The number of amides is 2. The van der Waals surface area contributed by atoms with Gasteiger partial charge in [-0.15, -0.1) is 0 Å². The van der Waals surface area contributed by atoms with E-state index >= 15 is 0 Å². The van der Waals surface area contributed by atoms with E-state index in [9.17, 15) is 9.59 Å². The Morgan fingerprint density at radius 2 is 1.50 bits per heavy atom. The third-order valence-electron chi connectivity index (χ3n) is 8.98. The molecule has 2 amide bonds. The lowest BCUT2D eigenvalue weighted by atomic mass is 9.67. The fourth-order valence-corrected chi connectivity index (χ4v) is 6.89. The van der Waals surface area contributed by atoms with Crippen molar-refractivity contribution in [1.82, 2.24) is 14.9 Å². The van der Waals surface area contributed by atoms with Gasteiger partial charge < -0.3 is 24.5 Å². The molecule has 202 valence electrons. The number of hydrogen-bond donors (Lipinski definition) is 2. The van der Waals surface area contributed by atoms with E-state index in [1.54, 1.807) is 12.0 Å². The highest BCUT2D eigenvalue weighted by Crippen LogP contribution is 2.47. The summed E-state index contributed by atoms with van der Waals surface area (Å²) < 4.78 is 5.34. The first-order chi connectivity index (χ1) is 19.6. The lowest BCUT2D eigenvalue weighted by Crippen LogP contribution is -2.47. The number of methoxy groups -OCH3 is 1. The molecule has 2 fully saturated rings. The minimum atomic E-state index is -0.340. The Morgan fingerprint density at radius 1 is 0.875 bits per heavy atom. The van der Waals surface area contributed by atoms with E-state index in [2.05, 4.69) is 70.9 Å². The minimum absolute atomic E-state index is 0.0180. The fourth-order valence-electron chi connectivity index (χ4n) is 6.89. The van der Waals surface area contributed by atoms with Crippen LogP contribution in [-0.2, 0) is 15.0 Å². The van der Waals surface area contributed by atoms with Crippen LogP contribution in [0.4, 0.5) is 5.69 Å². The molecule has 5 aromatic rings. The number of nitrogens with zero attached hydrogens (tertiary/aromatic N) is 2. The molecule has 2 N–H and O–H groups in total. The van der Waals surface area contributed by atoms with E-state index in [1.165, 1.54) is 21.9 Å². The van der Waals surface area contributed by atoms with E-state index < -0.39 is 0 Å². The average molecular weight is 533 g/mol. The van der Waals surface area contributed by atoms with Gasteiger partial charge in [0.2, 0.25) is 11.8 Å². The summed E-state index contributed by atoms with van der Waals surface area (Å²) in [5.41, 5.74) is 5.33. The van der Waals surface area contributed by atoms with Crippen LogP contribution in [0.2, 0.25) is 0 Å². The number of carbonyl (C=O) groups excluding carboxylic acids is 2. The van der Waals surface area contributed by atoms with Crippen molar-refractivity contribution in [2.24, 2.45) is 5.92 Å². The molecule has 2 aliphatic heterocycles. The summed E-state index contributed by atoms with van der Waals surface area (Å²) in [6.45, 7) is 1.68. The molecule has 4 heterocycles. The molecule has 0 saturated carbocycles. The summed E-state index contributed by atoms with van der Waals surface area (Å²) in [4.78, 5) is 37.4. The monoisotopic (exact) mass is 532 g/mol. The SMILES string of the molecule is COc1cccc(N2C[C@H](C(=O)N3CCC(c4c[nH]c5ccccc45)(c4c[nH]c5ccccc45)CC3)CC2=O)c1. The zero-order valence-corrected chi connectivity index (χ0v) is 22.5. The molecule has 0 bridgehead atoms. The summed E-state index contributed by atoms with van der Waals surface area (Å²) in [5.74, 6) is 0.412. The Kier molecular flexibility index (Phi) is 5.88. The van der Waals surface area contributed by atoms with Gasteiger partial charge in [-0.25, -0.2) is 0 Å². The number of ether oxygens (including phenoxy) is 1.